The minimum absolute atomic E-state index is 0.238. The van der Waals surface area contributed by atoms with Crippen LogP contribution < -0.4 is 5.32 Å². The van der Waals surface area contributed by atoms with Crippen molar-refractivity contribution in [3.63, 3.8) is 0 Å². The Morgan fingerprint density at radius 1 is 1.19 bits per heavy atom. The van der Waals surface area contributed by atoms with Crippen molar-refractivity contribution < 1.29 is 0 Å². The van der Waals surface area contributed by atoms with Crippen molar-refractivity contribution in [2.24, 2.45) is 0 Å². The van der Waals surface area contributed by atoms with E-state index in [-0.39, 0.29) is 6.04 Å². The third-order valence-corrected chi connectivity index (χ3v) is 4.15. The Labute approximate surface area is 136 Å². The fourth-order valence-corrected chi connectivity index (χ4v) is 3.19. The van der Waals surface area contributed by atoms with E-state index >= 15 is 0 Å². The topological polar surface area (TPSA) is 24.9 Å². The van der Waals surface area contributed by atoms with Crippen LogP contribution in [0.1, 0.15) is 41.8 Å². The van der Waals surface area contributed by atoms with Gasteiger partial charge in [0.05, 0.1) is 11.7 Å². The standard InChI is InChI=1S/C18H23BrN2/c1-4-7-20-17(18-16(19)6-5-8-21-18)12-15-10-13(2)9-14(3)11-15/h5-6,8-11,17,20H,4,7,12H2,1-3H3. The maximum absolute atomic E-state index is 4.56. The third kappa shape index (κ3) is 4.65. The van der Waals surface area contributed by atoms with Crippen LogP contribution in [0, 0.1) is 13.8 Å². The van der Waals surface area contributed by atoms with Gasteiger partial charge in [-0.1, -0.05) is 36.2 Å². The van der Waals surface area contributed by atoms with E-state index in [1.807, 2.05) is 12.3 Å². The Morgan fingerprint density at radius 2 is 1.90 bits per heavy atom. The van der Waals surface area contributed by atoms with Crippen LogP contribution in [0.4, 0.5) is 0 Å². The molecule has 0 aliphatic carbocycles. The van der Waals surface area contributed by atoms with E-state index in [1.165, 1.54) is 16.7 Å². The molecule has 21 heavy (non-hydrogen) atoms. The van der Waals surface area contributed by atoms with Crippen LogP contribution in [0.3, 0.4) is 0 Å². The largest absolute Gasteiger partial charge is 0.308 e. The van der Waals surface area contributed by atoms with Crippen LogP contribution in [0.25, 0.3) is 0 Å². The van der Waals surface area contributed by atoms with E-state index in [1.54, 1.807) is 0 Å². The molecule has 1 atom stereocenters. The number of benzene rings is 1. The quantitative estimate of drug-likeness (QED) is 0.816. The molecule has 0 saturated carbocycles. The summed E-state index contributed by atoms with van der Waals surface area (Å²) in [6.07, 6.45) is 3.94. The van der Waals surface area contributed by atoms with Crippen molar-refractivity contribution in [3.05, 3.63) is 63.4 Å². The van der Waals surface area contributed by atoms with Crippen LogP contribution in [0.2, 0.25) is 0 Å². The van der Waals surface area contributed by atoms with E-state index in [2.05, 4.69) is 71.3 Å². The van der Waals surface area contributed by atoms with Gasteiger partial charge in [-0.3, -0.25) is 4.98 Å². The Morgan fingerprint density at radius 3 is 2.52 bits per heavy atom. The van der Waals surface area contributed by atoms with Gasteiger partial charge in [0.1, 0.15) is 0 Å². The summed E-state index contributed by atoms with van der Waals surface area (Å²) in [5.74, 6) is 0. The van der Waals surface area contributed by atoms with Gasteiger partial charge in [0.2, 0.25) is 0 Å². The number of aromatic nitrogens is 1. The lowest BCUT2D eigenvalue weighted by Crippen LogP contribution is -2.25. The molecular weight excluding hydrogens is 324 g/mol. The third-order valence-electron chi connectivity index (χ3n) is 3.48. The van der Waals surface area contributed by atoms with Crippen LogP contribution in [-0.4, -0.2) is 11.5 Å². The van der Waals surface area contributed by atoms with Gasteiger partial charge in [-0.15, -0.1) is 0 Å². The molecule has 2 rings (SSSR count). The molecule has 112 valence electrons. The number of nitrogens with zero attached hydrogens (tertiary/aromatic N) is 1. The molecule has 1 N–H and O–H groups in total. The molecule has 0 aliphatic rings. The second kappa shape index (κ2) is 7.71. The second-order valence-corrected chi connectivity index (χ2v) is 6.43. The molecule has 2 aromatic rings. The zero-order chi connectivity index (χ0) is 15.2. The monoisotopic (exact) mass is 346 g/mol. The van der Waals surface area contributed by atoms with Gasteiger partial charge >= 0.3 is 0 Å². The highest BCUT2D eigenvalue weighted by molar-refractivity contribution is 9.10. The summed E-state index contributed by atoms with van der Waals surface area (Å²) < 4.78 is 1.07. The summed E-state index contributed by atoms with van der Waals surface area (Å²) in [6.45, 7) is 7.50. The van der Waals surface area contributed by atoms with Gasteiger partial charge < -0.3 is 5.32 Å². The molecule has 1 unspecified atom stereocenters. The highest BCUT2D eigenvalue weighted by atomic mass is 79.9. The molecule has 0 aliphatic heterocycles. The molecule has 0 radical (unpaired) electrons. The smallest absolute Gasteiger partial charge is 0.0718 e. The molecule has 0 saturated heterocycles. The lowest BCUT2D eigenvalue weighted by atomic mass is 9.99. The molecule has 1 aromatic carbocycles. The fourth-order valence-electron chi connectivity index (χ4n) is 2.66. The predicted molar refractivity (Wildman–Crippen MR) is 92.6 cm³/mol. The van der Waals surface area contributed by atoms with Gasteiger partial charge in [-0.25, -0.2) is 0 Å². The van der Waals surface area contributed by atoms with Crippen molar-refractivity contribution in [2.75, 3.05) is 6.54 Å². The molecule has 0 spiro atoms. The normalized spacial score (nSPS) is 12.4. The highest BCUT2D eigenvalue weighted by Gasteiger charge is 2.16. The SMILES string of the molecule is CCCNC(Cc1cc(C)cc(C)c1)c1ncccc1Br. The first kappa shape index (κ1) is 16.2. The number of pyridine rings is 1. The van der Waals surface area contributed by atoms with E-state index in [4.69, 9.17) is 0 Å². The van der Waals surface area contributed by atoms with E-state index in [0.717, 1.165) is 29.6 Å². The van der Waals surface area contributed by atoms with Gasteiger partial charge in [0, 0.05) is 10.7 Å². The van der Waals surface area contributed by atoms with Crippen LogP contribution in [0.5, 0.6) is 0 Å². The Kier molecular flexibility index (Phi) is 5.95. The summed E-state index contributed by atoms with van der Waals surface area (Å²) in [7, 11) is 0. The Bertz CT molecular complexity index is 575. The number of hydrogen-bond acceptors (Lipinski definition) is 2. The van der Waals surface area contributed by atoms with Gasteiger partial charge in [0.15, 0.2) is 0 Å². The van der Waals surface area contributed by atoms with Crippen LogP contribution >= 0.6 is 15.9 Å². The number of rotatable bonds is 6. The minimum atomic E-state index is 0.238. The van der Waals surface area contributed by atoms with E-state index in [9.17, 15) is 0 Å². The fraction of sp³-hybridized carbons (Fsp3) is 0.389. The molecule has 0 bridgehead atoms. The second-order valence-electron chi connectivity index (χ2n) is 5.58. The van der Waals surface area contributed by atoms with Gasteiger partial charge in [0.25, 0.3) is 0 Å². The van der Waals surface area contributed by atoms with Gasteiger partial charge in [-0.2, -0.15) is 0 Å². The van der Waals surface area contributed by atoms with Crippen molar-refractivity contribution in [3.8, 4) is 0 Å². The first-order valence-corrected chi connectivity index (χ1v) is 8.30. The lowest BCUT2D eigenvalue weighted by Gasteiger charge is -2.20. The summed E-state index contributed by atoms with van der Waals surface area (Å²) in [6, 6.07) is 11.0. The molecule has 0 fully saturated rings. The Hall–Kier alpha value is -1.19. The summed E-state index contributed by atoms with van der Waals surface area (Å²) in [4.78, 5) is 4.56. The predicted octanol–water partition coefficient (Wildman–Crippen LogP) is 4.74. The van der Waals surface area contributed by atoms with Crippen molar-refractivity contribution in [1.29, 1.82) is 0 Å². The summed E-state index contributed by atoms with van der Waals surface area (Å²) >= 11 is 3.63. The first-order chi connectivity index (χ1) is 10.1. The zero-order valence-corrected chi connectivity index (χ0v) is 14.6. The Balaban J connectivity index is 2.26. The molecule has 1 aromatic heterocycles. The van der Waals surface area contributed by atoms with Crippen LogP contribution in [-0.2, 0) is 6.42 Å². The molecule has 2 nitrogen and oxygen atoms in total. The maximum Gasteiger partial charge on any atom is 0.0718 e. The number of nitrogens with one attached hydrogen (secondary N) is 1. The highest BCUT2D eigenvalue weighted by Crippen LogP contribution is 2.24. The molecule has 3 heteroatoms. The van der Waals surface area contributed by atoms with E-state index < -0.39 is 0 Å². The number of hydrogen-bond donors (Lipinski definition) is 1. The number of aryl methyl sites for hydroxylation is 2. The maximum atomic E-state index is 4.56. The van der Waals surface area contributed by atoms with Crippen molar-refractivity contribution >= 4 is 15.9 Å². The van der Waals surface area contributed by atoms with Crippen molar-refractivity contribution in [1.82, 2.24) is 10.3 Å². The van der Waals surface area contributed by atoms with E-state index in [0.29, 0.717) is 0 Å². The minimum Gasteiger partial charge on any atom is -0.308 e. The zero-order valence-electron chi connectivity index (χ0n) is 13.0. The average Bonchev–Trinajstić information content (AvgIpc) is 2.43. The summed E-state index contributed by atoms with van der Waals surface area (Å²) in [5.41, 5.74) is 5.09. The molecule has 0 amide bonds. The molecular formula is C18H23BrN2. The number of halogens is 1. The first-order valence-electron chi connectivity index (χ1n) is 7.51. The van der Waals surface area contributed by atoms with Crippen LogP contribution in [0.15, 0.2) is 41.0 Å². The van der Waals surface area contributed by atoms with Gasteiger partial charge in [-0.05, 0) is 66.9 Å². The average molecular weight is 347 g/mol. The van der Waals surface area contributed by atoms with Crippen molar-refractivity contribution in [2.45, 2.75) is 39.7 Å². The molecule has 1 heterocycles. The summed E-state index contributed by atoms with van der Waals surface area (Å²) in [5, 5.41) is 3.62. The lowest BCUT2D eigenvalue weighted by molar-refractivity contribution is 0.516.